The van der Waals surface area contributed by atoms with Gasteiger partial charge in [0.1, 0.15) is 11.8 Å². The van der Waals surface area contributed by atoms with Crippen LogP contribution < -0.4 is 0 Å². The largest absolute Gasteiger partial charge is 0.380 e. The maximum Gasteiger partial charge on any atom is 0.142 e. The molecule has 5 nitrogen and oxygen atoms in total. The topological polar surface area (TPSA) is 63.8 Å². The molecule has 2 rings (SSSR count). The van der Waals surface area contributed by atoms with E-state index in [4.69, 9.17) is 0 Å². The molecule has 0 spiro atoms. The highest BCUT2D eigenvalue weighted by atomic mass is 32.1. The molecule has 2 heterocycles. The zero-order valence-electron chi connectivity index (χ0n) is 6.95. The van der Waals surface area contributed by atoms with Crippen LogP contribution in [0.1, 0.15) is 17.5 Å². The Hall–Kier alpha value is -1.27. The first kappa shape index (κ1) is 8.33. The van der Waals surface area contributed by atoms with E-state index in [2.05, 4.69) is 14.7 Å². The Labute approximate surface area is 78.8 Å². The van der Waals surface area contributed by atoms with E-state index in [1.807, 2.05) is 0 Å². The van der Waals surface area contributed by atoms with Crippen LogP contribution in [0.5, 0.6) is 0 Å². The first-order valence-electron chi connectivity index (χ1n) is 3.72. The van der Waals surface area contributed by atoms with Crippen molar-refractivity contribution in [2.24, 2.45) is 7.05 Å². The van der Waals surface area contributed by atoms with Crippen molar-refractivity contribution in [3.8, 4) is 0 Å². The summed E-state index contributed by atoms with van der Waals surface area (Å²) in [5.41, 5.74) is 1.14. The minimum Gasteiger partial charge on any atom is -0.380 e. The van der Waals surface area contributed by atoms with E-state index in [-0.39, 0.29) is 0 Å². The van der Waals surface area contributed by atoms with Gasteiger partial charge in [0.15, 0.2) is 0 Å². The second-order valence-electron chi connectivity index (χ2n) is 2.65. The second-order valence-corrected chi connectivity index (χ2v) is 3.26. The molecule has 0 saturated carbocycles. The lowest BCUT2D eigenvalue weighted by Gasteiger charge is -2.01. The Morgan fingerprint density at radius 2 is 2.38 bits per heavy atom. The number of nitrogens with zero attached hydrogens (tertiary/aromatic N) is 4. The monoisotopic (exact) mass is 196 g/mol. The molecule has 1 unspecified atom stereocenters. The normalized spacial score (nSPS) is 13.1. The summed E-state index contributed by atoms with van der Waals surface area (Å²) < 4.78 is 5.31. The highest BCUT2D eigenvalue weighted by Crippen LogP contribution is 2.18. The predicted octanol–water partition coefficient (Wildman–Crippen LogP) is 0.353. The molecule has 0 aromatic carbocycles. The van der Waals surface area contributed by atoms with Crippen LogP contribution in [0.25, 0.3) is 0 Å². The van der Waals surface area contributed by atoms with Crippen LogP contribution >= 0.6 is 11.5 Å². The van der Waals surface area contributed by atoms with Crippen LogP contribution in [0, 0.1) is 0 Å². The number of aliphatic hydroxyl groups is 1. The molecule has 1 atom stereocenters. The van der Waals surface area contributed by atoms with Gasteiger partial charge in [0.2, 0.25) is 0 Å². The highest BCUT2D eigenvalue weighted by molar-refractivity contribution is 7.03. The third kappa shape index (κ3) is 1.58. The van der Waals surface area contributed by atoms with Crippen molar-refractivity contribution in [2.75, 3.05) is 0 Å². The van der Waals surface area contributed by atoms with Crippen molar-refractivity contribution in [3.63, 3.8) is 0 Å². The van der Waals surface area contributed by atoms with Crippen molar-refractivity contribution < 1.29 is 5.11 Å². The number of aromatic nitrogens is 4. The average Bonchev–Trinajstić information content (AvgIpc) is 2.72. The first-order valence-corrected chi connectivity index (χ1v) is 4.55. The van der Waals surface area contributed by atoms with E-state index in [1.165, 1.54) is 11.5 Å². The van der Waals surface area contributed by atoms with E-state index >= 15 is 0 Å². The molecule has 2 aromatic heterocycles. The van der Waals surface area contributed by atoms with Gasteiger partial charge in [-0.15, -0.1) is 5.10 Å². The van der Waals surface area contributed by atoms with Gasteiger partial charge < -0.3 is 5.11 Å². The van der Waals surface area contributed by atoms with Crippen LogP contribution in [0.4, 0.5) is 0 Å². The average molecular weight is 196 g/mol. The summed E-state index contributed by atoms with van der Waals surface area (Å²) in [6.07, 6.45) is 1.01. The molecule has 0 aliphatic carbocycles. The molecule has 68 valence electrons. The fourth-order valence-corrected chi connectivity index (χ4v) is 1.49. The standard InChI is InChI=1S/C7H8N4OS/c1-11-3-2-5(9-11)7(12)6-4-13-10-8-6/h2-4,7,12H,1H3. The van der Waals surface area contributed by atoms with Crippen molar-refractivity contribution in [1.82, 2.24) is 19.4 Å². The van der Waals surface area contributed by atoms with Crippen molar-refractivity contribution in [2.45, 2.75) is 6.10 Å². The van der Waals surface area contributed by atoms with Gasteiger partial charge in [-0.05, 0) is 17.6 Å². The number of hydrogen-bond acceptors (Lipinski definition) is 5. The second kappa shape index (κ2) is 3.23. The van der Waals surface area contributed by atoms with Crippen molar-refractivity contribution in [3.05, 3.63) is 29.0 Å². The molecule has 0 amide bonds. The van der Waals surface area contributed by atoms with E-state index < -0.39 is 6.10 Å². The van der Waals surface area contributed by atoms with Crippen LogP contribution in [-0.4, -0.2) is 24.5 Å². The third-order valence-corrected chi connectivity index (χ3v) is 2.19. The van der Waals surface area contributed by atoms with Crippen LogP contribution in [0.3, 0.4) is 0 Å². The summed E-state index contributed by atoms with van der Waals surface area (Å²) >= 11 is 1.21. The summed E-state index contributed by atoms with van der Waals surface area (Å²) in [4.78, 5) is 0. The Morgan fingerprint density at radius 3 is 2.92 bits per heavy atom. The molecule has 0 aliphatic rings. The van der Waals surface area contributed by atoms with Gasteiger partial charge in [-0.1, -0.05) is 4.49 Å². The lowest BCUT2D eigenvalue weighted by molar-refractivity contribution is 0.209. The molecule has 0 radical (unpaired) electrons. The van der Waals surface area contributed by atoms with Gasteiger partial charge in [0.25, 0.3) is 0 Å². The van der Waals surface area contributed by atoms with Crippen LogP contribution in [-0.2, 0) is 7.05 Å². The maximum absolute atomic E-state index is 9.72. The molecule has 0 saturated heterocycles. The van der Waals surface area contributed by atoms with E-state index in [0.717, 1.165) is 0 Å². The van der Waals surface area contributed by atoms with Crippen LogP contribution in [0.2, 0.25) is 0 Å². The molecular weight excluding hydrogens is 188 g/mol. The number of hydrogen-bond donors (Lipinski definition) is 1. The summed E-state index contributed by atoms with van der Waals surface area (Å²) in [5.74, 6) is 0. The van der Waals surface area contributed by atoms with E-state index in [0.29, 0.717) is 11.4 Å². The Morgan fingerprint density at radius 1 is 1.54 bits per heavy atom. The van der Waals surface area contributed by atoms with Gasteiger partial charge in [-0.2, -0.15) is 5.10 Å². The maximum atomic E-state index is 9.72. The zero-order chi connectivity index (χ0) is 9.26. The number of aryl methyl sites for hydroxylation is 1. The molecule has 0 bridgehead atoms. The molecule has 6 heteroatoms. The molecular formula is C7H8N4OS. The van der Waals surface area contributed by atoms with Gasteiger partial charge >= 0.3 is 0 Å². The van der Waals surface area contributed by atoms with E-state index in [9.17, 15) is 5.11 Å². The minimum absolute atomic E-state index is 0.545. The van der Waals surface area contributed by atoms with Crippen molar-refractivity contribution >= 4 is 11.5 Å². The lowest BCUT2D eigenvalue weighted by atomic mass is 10.2. The molecule has 2 aromatic rings. The van der Waals surface area contributed by atoms with Gasteiger partial charge in [0.05, 0.1) is 5.69 Å². The Bertz CT molecular complexity index is 383. The van der Waals surface area contributed by atoms with Gasteiger partial charge in [-0.3, -0.25) is 4.68 Å². The summed E-state index contributed by atoms with van der Waals surface area (Å²) in [6.45, 7) is 0. The third-order valence-electron chi connectivity index (χ3n) is 1.67. The lowest BCUT2D eigenvalue weighted by Crippen LogP contribution is -2.02. The Kier molecular flexibility index (Phi) is 2.07. The summed E-state index contributed by atoms with van der Waals surface area (Å²) in [6, 6.07) is 1.75. The summed E-state index contributed by atoms with van der Waals surface area (Å²) in [7, 11) is 1.80. The smallest absolute Gasteiger partial charge is 0.142 e. The molecule has 0 aliphatic heterocycles. The summed E-state index contributed by atoms with van der Waals surface area (Å²) in [5, 5.41) is 19.3. The first-order chi connectivity index (χ1) is 6.27. The minimum atomic E-state index is -0.764. The SMILES string of the molecule is Cn1ccc(C(O)c2csnn2)n1. The fourth-order valence-electron chi connectivity index (χ4n) is 1.02. The highest BCUT2D eigenvalue weighted by Gasteiger charge is 2.15. The molecule has 1 N–H and O–H groups in total. The molecule has 0 fully saturated rings. The molecule has 13 heavy (non-hydrogen) atoms. The van der Waals surface area contributed by atoms with Gasteiger partial charge in [-0.25, -0.2) is 0 Å². The predicted molar refractivity (Wildman–Crippen MR) is 47.2 cm³/mol. The Balaban J connectivity index is 2.28. The fraction of sp³-hybridized carbons (Fsp3) is 0.286. The quantitative estimate of drug-likeness (QED) is 0.753. The van der Waals surface area contributed by atoms with Crippen LogP contribution in [0.15, 0.2) is 17.6 Å². The van der Waals surface area contributed by atoms with E-state index in [1.54, 1.807) is 29.4 Å². The van der Waals surface area contributed by atoms with Crippen molar-refractivity contribution in [1.29, 1.82) is 0 Å². The zero-order valence-corrected chi connectivity index (χ0v) is 7.77. The number of aliphatic hydroxyl groups excluding tert-OH is 1. The number of rotatable bonds is 2. The van der Waals surface area contributed by atoms with Gasteiger partial charge in [0, 0.05) is 18.6 Å².